The van der Waals surface area contributed by atoms with E-state index in [9.17, 15) is 4.39 Å². The molecular weight excluding hydrogens is 285 g/mol. The summed E-state index contributed by atoms with van der Waals surface area (Å²) >= 11 is 5.81. The molecule has 2 aromatic carbocycles. The van der Waals surface area contributed by atoms with Crippen LogP contribution in [0.4, 0.5) is 10.1 Å². The molecule has 0 fully saturated rings. The fourth-order valence-corrected chi connectivity index (χ4v) is 3.14. The van der Waals surface area contributed by atoms with E-state index < -0.39 is 0 Å². The van der Waals surface area contributed by atoms with Crippen LogP contribution in [-0.2, 0) is 0 Å². The van der Waals surface area contributed by atoms with E-state index in [0.29, 0.717) is 5.02 Å². The fourth-order valence-electron chi connectivity index (χ4n) is 2.98. The van der Waals surface area contributed by atoms with Crippen LogP contribution in [0.5, 0.6) is 0 Å². The maximum absolute atomic E-state index is 14.0. The molecule has 0 heterocycles. The molecule has 1 aliphatic rings. The summed E-state index contributed by atoms with van der Waals surface area (Å²) in [5.41, 5.74) is 9.95. The largest absolute Gasteiger partial charge is 0.398 e. The summed E-state index contributed by atoms with van der Waals surface area (Å²) < 4.78 is 14.0. The predicted molar refractivity (Wildman–Crippen MR) is 86.8 cm³/mol. The van der Waals surface area contributed by atoms with Gasteiger partial charge in [-0.05, 0) is 54.5 Å². The van der Waals surface area contributed by atoms with E-state index in [4.69, 9.17) is 17.3 Å². The third-order valence-electron chi connectivity index (χ3n) is 4.12. The number of rotatable bonds is 2. The summed E-state index contributed by atoms with van der Waals surface area (Å²) in [7, 11) is 0. The average Bonchev–Trinajstić information content (AvgIpc) is 2.48. The Morgan fingerprint density at radius 3 is 2.62 bits per heavy atom. The smallest absolute Gasteiger partial charge is 0.128 e. The van der Waals surface area contributed by atoms with E-state index in [2.05, 4.69) is 6.08 Å². The van der Waals surface area contributed by atoms with Gasteiger partial charge in [-0.25, -0.2) is 4.39 Å². The lowest BCUT2D eigenvalue weighted by Crippen LogP contribution is -2.07. The Hall–Kier alpha value is -1.80. The molecule has 1 unspecified atom stereocenters. The number of allylic oxidation sites excluding steroid dienone is 2. The van der Waals surface area contributed by atoms with Gasteiger partial charge < -0.3 is 5.73 Å². The van der Waals surface area contributed by atoms with Gasteiger partial charge in [0, 0.05) is 16.3 Å². The van der Waals surface area contributed by atoms with Crippen LogP contribution in [0.2, 0.25) is 5.02 Å². The molecule has 0 aliphatic heterocycles. The molecule has 0 saturated carbocycles. The van der Waals surface area contributed by atoms with Crippen LogP contribution in [0.1, 0.15) is 36.3 Å². The van der Waals surface area contributed by atoms with Crippen LogP contribution >= 0.6 is 11.6 Å². The van der Waals surface area contributed by atoms with Crippen molar-refractivity contribution < 1.29 is 4.39 Å². The van der Waals surface area contributed by atoms with E-state index >= 15 is 0 Å². The zero-order chi connectivity index (χ0) is 14.8. The van der Waals surface area contributed by atoms with Crippen molar-refractivity contribution in [2.75, 3.05) is 5.73 Å². The molecule has 108 valence electrons. The van der Waals surface area contributed by atoms with Crippen molar-refractivity contribution in [2.24, 2.45) is 0 Å². The van der Waals surface area contributed by atoms with Crippen molar-refractivity contribution in [3.63, 3.8) is 0 Å². The highest BCUT2D eigenvalue weighted by atomic mass is 35.5. The Morgan fingerprint density at radius 2 is 1.95 bits per heavy atom. The second kappa shape index (κ2) is 5.90. The summed E-state index contributed by atoms with van der Waals surface area (Å²) in [6, 6.07) is 12.9. The molecule has 21 heavy (non-hydrogen) atoms. The number of para-hydroxylation sites is 1. The minimum absolute atomic E-state index is 0.205. The molecule has 2 aromatic rings. The Morgan fingerprint density at radius 1 is 1.14 bits per heavy atom. The SMILES string of the molecule is Nc1ccccc1C1=CCC(c2ccc(Cl)cc2F)CC1. The van der Waals surface area contributed by atoms with E-state index in [-0.39, 0.29) is 11.7 Å². The number of benzene rings is 2. The van der Waals surface area contributed by atoms with E-state index in [1.165, 1.54) is 11.6 Å². The first kappa shape index (κ1) is 14.2. The fraction of sp³-hybridized carbons (Fsp3) is 0.222. The summed E-state index contributed by atoms with van der Waals surface area (Å²) in [6.07, 6.45) is 4.87. The molecule has 0 radical (unpaired) electrons. The van der Waals surface area contributed by atoms with Crippen molar-refractivity contribution in [2.45, 2.75) is 25.2 Å². The Balaban J connectivity index is 1.82. The first-order valence-electron chi connectivity index (χ1n) is 7.14. The quantitative estimate of drug-likeness (QED) is 0.737. The minimum atomic E-state index is -0.205. The minimum Gasteiger partial charge on any atom is -0.398 e. The summed E-state index contributed by atoms with van der Waals surface area (Å²) in [5, 5.41) is 0.445. The van der Waals surface area contributed by atoms with Crippen molar-refractivity contribution >= 4 is 22.9 Å². The zero-order valence-corrected chi connectivity index (χ0v) is 12.4. The Bertz CT molecular complexity index is 693. The van der Waals surface area contributed by atoms with Gasteiger partial charge in [-0.3, -0.25) is 0 Å². The summed E-state index contributed by atoms with van der Waals surface area (Å²) in [6.45, 7) is 0. The van der Waals surface area contributed by atoms with Crippen LogP contribution in [0, 0.1) is 5.82 Å². The van der Waals surface area contributed by atoms with Gasteiger partial charge in [0.2, 0.25) is 0 Å². The zero-order valence-electron chi connectivity index (χ0n) is 11.7. The highest BCUT2D eigenvalue weighted by molar-refractivity contribution is 6.30. The molecule has 0 aromatic heterocycles. The van der Waals surface area contributed by atoms with Crippen LogP contribution in [0.15, 0.2) is 48.5 Å². The summed E-state index contributed by atoms with van der Waals surface area (Å²) in [4.78, 5) is 0. The topological polar surface area (TPSA) is 26.0 Å². The lowest BCUT2D eigenvalue weighted by molar-refractivity contribution is 0.553. The number of hydrogen-bond donors (Lipinski definition) is 1. The number of anilines is 1. The van der Waals surface area contributed by atoms with E-state index in [1.807, 2.05) is 24.3 Å². The van der Waals surface area contributed by atoms with Crippen LogP contribution < -0.4 is 5.73 Å². The number of nitrogens with two attached hydrogens (primary N) is 1. The molecule has 2 N–H and O–H groups in total. The van der Waals surface area contributed by atoms with Crippen LogP contribution in [0.25, 0.3) is 5.57 Å². The third kappa shape index (κ3) is 2.96. The molecule has 1 atom stereocenters. The molecule has 0 amide bonds. The second-order valence-corrected chi connectivity index (χ2v) is 5.89. The third-order valence-corrected chi connectivity index (χ3v) is 4.36. The van der Waals surface area contributed by atoms with Crippen LogP contribution in [0.3, 0.4) is 0 Å². The normalized spacial score (nSPS) is 18.4. The Labute approximate surface area is 129 Å². The Kier molecular flexibility index (Phi) is 3.98. The number of halogens is 2. The molecule has 3 heteroatoms. The van der Waals surface area contributed by atoms with Crippen molar-refractivity contribution in [3.05, 3.63) is 70.5 Å². The maximum Gasteiger partial charge on any atom is 0.128 e. The first-order valence-corrected chi connectivity index (χ1v) is 7.52. The van der Waals surface area contributed by atoms with Gasteiger partial charge in [0.15, 0.2) is 0 Å². The molecular formula is C18H17ClFN. The standard InChI is InChI=1S/C18H17ClFN/c19-14-9-10-15(17(20)11-14)12-5-7-13(8-6-12)16-3-1-2-4-18(16)21/h1-4,7,9-12H,5-6,8,21H2. The molecule has 0 spiro atoms. The highest BCUT2D eigenvalue weighted by Gasteiger charge is 2.20. The number of hydrogen-bond acceptors (Lipinski definition) is 1. The summed E-state index contributed by atoms with van der Waals surface area (Å²) in [5.74, 6) is 0.0135. The van der Waals surface area contributed by atoms with Crippen LogP contribution in [-0.4, -0.2) is 0 Å². The van der Waals surface area contributed by atoms with Gasteiger partial charge in [0.05, 0.1) is 0 Å². The van der Waals surface area contributed by atoms with Crippen molar-refractivity contribution in [1.82, 2.24) is 0 Å². The highest BCUT2D eigenvalue weighted by Crippen LogP contribution is 2.38. The van der Waals surface area contributed by atoms with Crippen molar-refractivity contribution in [1.29, 1.82) is 0 Å². The number of nitrogen functional groups attached to an aromatic ring is 1. The molecule has 0 saturated heterocycles. The van der Waals surface area contributed by atoms with Gasteiger partial charge in [-0.2, -0.15) is 0 Å². The van der Waals surface area contributed by atoms with Gasteiger partial charge in [-0.1, -0.05) is 41.9 Å². The predicted octanol–water partition coefficient (Wildman–Crippen LogP) is 5.41. The lowest BCUT2D eigenvalue weighted by atomic mass is 9.82. The second-order valence-electron chi connectivity index (χ2n) is 5.45. The van der Waals surface area contributed by atoms with Crippen molar-refractivity contribution in [3.8, 4) is 0 Å². The van der Waals surface area contributed by atoms with E-state index in [0.717, 1.165) is 36.1 Å². The van der Waals surface area contributed by atoms with Gasteiger partial charge in [0.1, 0.15) is 5.82 Å². The monoisotopic (exact) mass is 301 g/mol. The van der Waals surface area contributed by atoms with Gasteiger partial charge in [-0.15, -0.1) is 0 Å². The molecule has 3 rings (SSSR count). The maximum atomic E-state index is 14.0. The van der Waals surface area contributed by atoms with Gasteiger partial charge >= 0.3 is 0 Å². The molecule has 1 aliphatic carbocycles. The average molecular weight is 302 g/mol. The molecule has 0 bridgehead atoms. The first-order chi connectivity index (χ1) is 10.1. The lowest BCUT2D eigenvalue weighted by Gasteiger charge is -2.23. The molecule has 1 nitrogen and oxygen atoms in total. The van der Waals surface area contributed by atoms with Gasteiger partial charge in [0.25, 0.3) is 0 Å². The van der Waals surface area contributed by atoms with E-state index in [1.54, 1.807) is 12.1 Å².